The van der Waals surface area contributed by atoms with Crippen molar-refractivity contribution in [2.45, 2.75) is 59.1 Å². The highest BCUT2D eigenvalue weighted by molar-refractivity contribution is 5.79. The van der Waals surface area contributed by atoms with E-state index >= 15 is 0 Å². The maximum Gasteiger partial charge on any atom is 0.208 e. The second-order valence-corrected chi connectivity index (χ2v) is 7.70. The summed E-state index contributed by atoms with van der Waals surface area (Å²) in [6, 6.07) is 0. The van der Waals surface area contributed by atoms with Gasteiger partial charge in [-0.3, -0.25) is 9.89 Å². The lowest BCUT2D eigenvalue weighted by atomic mass is 9.97. The Hall–Kier alpha value is -1.60. The van der Waals surface area contributed by atoms with E-state index in [-0.39, 0.29) is 0 Å². The second kappa shape index (κ2) is 10.1. The van der Waals surface area contributed by atoms with E-state index in [0.29, 0.717) is 12.0 Å². The highest BCUT2D eigenvalue weighted by Gasteiger charge is 2.21. The lowest BCUT2D eigenvalue weighted by Crippen LogP contribution is -2.41. The number of likely N-dealkylation sites (tertiary alicyclic amines) is 1. The quantitative estimate of drug-likeness (QED) is 0.561. The SMILES string of the molecule is CCNC(=NCC1CCN(Cc2nc(C)c(C)o2)CC1)NCC1CCCO1. The number of rotatable bonds is 7. The van der Waals surface area contributed by atoms with E-state index in [9.17, 15) is 0 Å². The van der Waals surface area contributed by atoms with Crippen LogP contribution >= 0.6 is 0 Å². The van der Waals surface area contributed by atoms with Gasteiger partial charge in [0.15, 0.2) is 5.96 Å². The van der Waals surface area contributed by atoms with Crippen LogP contribution in [0.5, 0.6) is 0 Å². The fourth-order valence-electron chi connectivity index (χ4n) is 3.70. The maximum atomic E-state index is 5.72. The van der Waals surface area contributed by atoms with Crippen LogP contribution in [0.25, 0.3) is 0 Å². The first-order chi connectivity index (χ1) is 13.1. The number of aliphatic imine (C=N–C) groups is 1. The van der Waals surface area contributed by atoms with Crippen LogP contribution in [0, 0.1) is 19.8 Å². The van der Waals surface area contributed by atoms with Gasteiger partial charge in [0.25, 0.3) is 0 Å². The minimum atomic E-state index is 0.333. The van der Waals surface area contributed by atoms with Crippen LogP contribution in [0.15, 0.2) is 9.41 Å². The molecule has 0 aromatic carbocycles. The van der Waals surface area contributed by atoms with Gasteiger partial charge in [-0.1, -0.05) is 0 Å². The van der Waals surface area contributed by atoms with E-state index in [1.54, 1.807) is 0 Å². The number of nitrogens with zero attached hydrogens (tertiary/aromatic N) is 3. The molecule has 2 aliphatic rings. The Bertz CT molecular complexity index is 582. The molecule has 27 heavy (non-hydrogen) atoms. The molecule has 0 saturated carbocycles. The van der Waals surface area contributed by atoms with E-state index in [0.717, 1.165) is 75.6 Å². The van der Waals surface area contributed by atoms with Crippen molar-refractivity contribution in [1.82, 2.24) is 20.5 Å². The second-order valence-electron chi connectivity index (χ2n) is 7.70. The van der Waals surface area contributed by atoms with Gasteiger partial charge >= 0.3 is 0 Å². The number of aryl methyl sites for hydroxylation is 2. The Morgan fingerprint density at radius 3 is 2.67 bits per heavy atom. The number of hydrogen-bond acceptors (Lipinski definition) is 5. The van der Waals surface area contributed by atoms with Crippen molar-refractivity contribution in [3.05, 3.63) is 17.3 Å². The Morgan fingerprint density at radius 2 is 2.04 bits per heavy atom. The van der Waals surface area contributed by atoms with Crippen molar-refractivity contribution in [3.8, 4) is 0 Å². The normalized spacial score (nSPS) is 22.3. The van der Waals surface area contributed by atoms with Gasteiger partial charge in [-0.05, 0) is 65.5 Å². The van der Waals surface area contributed by atoms with Crippen LogP contribution in [-0.4, -0.2) is 61.3 Å². The molecule has 1 unspecified atom stereocenters. The monoisotopic (exact) mass is 377 g/mol. The van der Waals surface area contributed by atoms with Gasteiger partial charge in [0.1, 0.15) is 5.76 Å². The van der Waals surface area contributed by atoms with Crippen molar-refractivity contribution in [1.29, 1.82) is 0 Å². The molecule has 2 aliphatic heterocycles. The first kappa shape index (κ1) is 20.1. The lowest BCUT2D eigenvalue weighted by molar-refractivity contribution is 0.113. The molecule has 7 nitrogen and oxygen atoms in total. The molecule has 0 spiro atoms. The molecule has 152 valence electrons. The smallest absolute Gasteiger partial charge is 0.208 e. The number of guanidine groups is 1. The zero-order chi connectivity index (χ0) is 19.1. The van der Waals surface area contributed by atoms with E-state index in [4.69, 9.17) is 14.1 Å². The molecule has 0 aliphatic carbocycles. The van der Waals surface area contributed by atoms with Crippen LogP contribution < -0.4 is 10.6 Å². The third-order valence-corrected chi connectivity index (χ3v) is 5.51. The number of nitrogens with one attached hydrogen (secondary N) is 2. The Balaban J connectivity index is 1.40. The zero-order valence-corrected chi connectivity index (χ0v) is 17.1. The number of piperidine rings is 1. The Kier molecular flexibility index (Phi) is 7.52. The highest BCUT2D eigenvalue weighted by Crippen LogP contribution is 2.20. The molecular formula is C20H35N5O2. The van der Waals surface area contributed by atoms with Gasteiger partial charge in [0.2, 0.25) is 5.89 Å². The van der Waals surface area contributed by atoms with E-state index in [2.05, 4.69) is 27.4 Å². The van der Waals surface area contributed by atoms with Gasteiger partial charge in [-0.25, -0.2) is 4.98 Å². The molecule has 1 aromatic rings. The third-order valence-electron chi connectivity index (χ3n) is 5.51. The van der Waals surface area contributed by atoms with Crippen LogP contribution in [0.3, 0.4) is 0 Å². The van der Waals surface area contributed by atoms with Crippen LogP contribution in [0.4, 0.5) is 0 Å². The highest BCUT2D eigenvalue weighted by atomic mass is 16.5. The minimum absolute atomic E-state index is 0.333. The van der Waals surface area contributed by atoms with Gasteiger partial charge in [0, 0.05) is 26.2 Å². The molecular weight excluding hydrogens is 342 g/mol. The Labute approximate surface area is 163 Å². The average molecular weight is 378 g/mol. The summed E-state index contributed by atoms with van der Waals surface area (Å²) in [5.74, 6) is 3.34. The number of aromatic nitrogens is 1. The molecule has 2 N–H and O–H groups in total. The molecule has 2 fully saturated rings. The number of oxazole rings is 1. The first-order valence-corrected chi connectivity index (χ1v) is 10.4. The summed E-state index contributed by atoms with van der Waals surface area (Å²) in [5, 5.41) is 6.78. The predicted octanol–water partition coefficient (Wildman–Crippen LogP) is 2.24. The summed E-state index contributed by atoms with van der Waals surface area (Å²) in [7, 11) is 0. The van der Waals surface area contributed by atoms with Gasteiger partial charge in [-0.15, -0.1) is 0 Å². The van der Waals surface area contributed by atoms with E-state index in [1.807, 2.05) is 13.8 Å². The summed E-state index contributed by atoms with van der Waals surface area (Å²) in [5.41, 5.74) is 1.00. The van der Waals surface area contributed by atoms with Crippen LogP contribution in [-0.2, 0) is 11.3 Å². The van der Waals surface area contributed by atoms with Crippen molar-refractivity contribution in [2.75, 3.05) is 39.3 Å². The minimum Gasteiger partial charge on any atom is -0.444 e. The van der Waals surface area contributed by atoms with E-state index < -0.39 is 0 Å². The summed E-state index contributed by atoms with van der Waals surface area (Å²) >= 11 is 0. The topological polar surface area (TPSA) is 74.9 Å². The largest absolute Gasteiger partial charge is 0.444 e. The first-order valence-electron chi connectivity index (χ1n) is 10.4. The molecule has 1 atom stereocenters. The van der Waals surface area contributed by atoms with E-state index in [1.165, 1.54) is 19.3 Å². The molecule has 7 heteroatoms. The number of ether oxygens (including phenoxy) is 1. The predicted molar refractivity (Wildman–Crippen MR) is 107 cm³/mol. The fourth-order valence-corrected chi connectivity index (χ4v) is 3.70. The molecule has 3 rings (SSSR count). The van der Waals surface area contributed by atoms with Crippen molar-refractivity contribution < 1.29 is 9.15 Å². The summed E-state index contributed by atoms with van der Waals surface area (Å²) in [4.78, 5) is 11.7. The maximum absolute atomic E-state index is 5.72. The van der Waals surface area contributed by atoms with Gasteiger partial charge in [0.05, 0.1) is 18.3 Å². The van der Waals surface area contributed by atoms with Gasteiger partial charge < -0.3 is 19.8 Å². The van der Waals surface area contributed by atoms with Crippen LogP contribution in [0.2, 0.25) is 0 Å². The van der Waals surface area contributed by atoms with Crippen molar-refractivity contribution in [2.24, 2.45) is 10.9 Å². The lowest BCUT2D eigenvalue weighted by Gasteiger charge is -2.30. The molecule has 2 saturated heterocycles. The summed E-state index contributed by atoms with van der Waals surface area (Å²) < 4.78 is 11.4. The molecule has 1 aromatic heterocycles. The third kappa shape index (κ3) is 6.21. The van der Waals surface area contributed by atoms with Crippen molar-refractivity contribution >= 4 is 5.96 Å². The Morgan fingerprint density at radius 1 is 1.22 bits per heavy atom. The molecule has 3 heterocycles. The fraction of sp³-hybridized carbons (Fsp3) is 0.800. The summed E-state index contributed by atoms with van der Waals surface area (Å²) in [6.45, 7) is 12.6. The van der Waals surface area contributed by atoms with Gasteiger partial charge in [-0.2, -0.15) is 0 Å². The number of hydrogen-bond donors (Lipinski definition) is 2. The zero-order valence-electron chi connectivity index (χ0n) is 17.1. The standard InChI is InChI=1S/C20H35N5O2/c1-4-21-20(23-13-18-6-5-11-26-18)22-12-17-7-9-25(10-8-17)14-19-24-15(2)16(3)27-19/h17-18H,4-14H2,1-3H3,(H2,21,22,23). The molecule has 0 bridgehead atoms. The molecule has 0 amide bonds. The molecule has 0 radical (unpaired) electrons. The summed E-state index contributed by atoms with van der Waals surface area (Å²) in [6.07, 6.45) is 5.00. The average Bonchev–Trinajstić information content (AvgIpc) is 3.29. The van der Waals surface area contributed by atoms with Crippen LogP contribution in [0.1, 0.15) is 50.0 Å². The van der Waals surface area contributed by atoms with Crippen molar-refractivity contribution in [3.63, 3.8) is 0 Å².